The molecule has 2 atom stereocenters. The Hall–Kier alpha value is -1.07. The summed E-state index contributed by atoms with van der Waals surface area (Å²) in [6.45, 7) is 9.69. The van der Waals surface area contributed by atoms with Gasteiger partial charge >= 0.3 is 0 Å². The highest BCUT2D eigenvalue weighted by Gasteiger charge is 2.28. The largest absolute Gasteiger partial charge is 0.481 e. The molecule has 0 spiro atoms. The summed E-state index contributed by atoms with van der Waals surface area (Å²) in [7, 11) is 3.67. The number of ether oxygens (including phenoxy) is 1. The molecule has 1 aromatic heterocycles. The minimum atomic E-state index is 0.598. The zero-order valence-corrected chi connectivity index (χ0v) is 13.4. The highest BCUT2D eigenvalue weighted by atomic mass is 16.5. The second kappa shape index (κ2) is 6.59. The minimum absolute atomic E-state index is 0.598. The van der Waals surface area contributed by atoms with Crippen LogP contribution in [0.4, 0.5) is 0 Å². The van der Waals surface area contributed by atoms with Crippen molar-refractivity contribution in [3.05, 3.63) is 11.3 Å². The van der Waals surface area contributed by atoms with Gasteiger partial charge in [-0.2, -0.15) is 5.10 Å². The second-order valence-corrected chi connectivity index (χ2v) is 5.70. The first kappa shape index (κ1) is 15.3. The first-order chi connectivity index (χ1) is 9.60. The van der Waals surface area contributed by atoms with E-state index >= 15 is 0 Å². The highest BCUT2D eigenvalue weighted by Crippen LogP contribution is 2.25. The van der Waals surface area contributed by atoms with Crippen LogP contribution >= 0.6 is 0 Å². The number of nitrogens with one attached hydrogen (secondary N) is 1. The van der Waals surface area contributed by atoms with Crippen LogP contribution in [0.3, 0.4) is 0 Å². The van der Waals surface area contributed by atoms with E-state index in [4.69, 9.17) is 4.74 Å². The van der Waals surface area contributed by atoms with E-state index in [-0.39, 0.29) is 0 Å². The van der Waals surface area contributed by atoms with Gasteiger partial charge in [-0.3, -0.25) is 4.90 Å². The van der Waals surface area contributed by atoms with Crippen molar-refractivity contribution in [1.29, 1.82) is 0 Å². The molecule has 2 unspecified atom stereocenters. The molecule has 1 saturated heterocycles. The summed E-state index contributed by atoms with van der Waals surface area (Å²) in [6, 6.07) is 1.20. The number of hydrogen-bond acceptors (Lipinski definition) is 4. The van der Waals surface area contributed by atoms with E-state index in [0.717, 1.165) is 31.2 Å². The number of nitrogens with zero attached hydrogens (tertiary/aromatic N) is 3. The summed E-state index contributed by atoms with van der Waals surface area (Å²) in [5, 5.41) is 8.13. The van der Waals surface area contributed by atoms with Crippen molar-refractivity contribution in [3.8, 4) is 5.88 Å². The van der Waals surface area contributed by atoms with Crippen LogP contribution in [0.15, 0.2) is 0 Å². The molecule has 1 aromatic rings. The maximum atomic E-state index is 5.52. The molecule has 0 amide bonds. The molecular formula is C15H28N4O. The Bertz CT molecular complexity index is 443. The quantitative estimate of drug-likeness (QED) is 0.891. The van der Waals surface area contributed by atoms with Gasteiger partial charge in [-0.05, 0) is 19.8 Å². The van der Waals surface area contributed by atoms with E-state index in [1.807, 2.05) is 11.7 Å². The fourth-order valence-electron chi connectivity index (χ4n) is 3.12. The van der Waals surface area contributed by atoms with Gasteiger partial charge in [-0.15, -0.1) is 0 Å². The van der Waals surface area contributed by atoms with Crippen LogP contribution in [-0.2, 0) is 13.6 Å². The molecule has 0 aromatic carbocycles. The molecular weight excluding hydrogens is 252 g/mol. The standard InChI is InChI=1S/C15H28N4O/c1-6-12-9-19(13(7-2)8-16-12)10-14-11(3)17-18(4)15(14)20-5/h12-13,16H,6-10H2,1-5H3. The predicted octanol–water partition coefficient (Wildman–Crippen LogP) is 1.70. The number of rotatable bonds is 5. The van der Waals surface area contributed by atoms with Crippen molar-refractivity contribution in [2.24, 2.45) is 7.05 Å². The average Bonchev–Trinajstić information content (AvgIpc) is 2.72. The molecule has 114 valence electrons. The predicted molar refractivity (Wildman–Crippen MR) is 81.1 cm³/mol. The first-order valence-corrected chi connectivity index (χ1v) is 7.64. The first-order valence-electron chi connectivity index (χ1n) is 7.64. The third-order valence-corrected chi connectivity index (χ3v) is 4.42. The van der Waals surface area contributed by atoms with E-state index < -0.39 is 0 Å². The van der Waals surface area contributed by atoms with Gasteiger partial charge in [0.05, 0.1) is 18.4 Å². The summed E-state index contributed by atoms with van der Waals surface area (Å²) in [6.07, 6.45) is 2.35. The van der Waals surface area contributed by atoms with Crippen LogP contribution < -0.4 is 10.1 Å². The molecule has 5 nitrogen and oxygen atoms in total. The number of methoxy groups -OCH3 is 1. The SMILES string of the molecule is CCC1CN(Cc2c(C)nn(C)c2OC)C(CC)CN1. The zero-order chi connectivity index (χ0) is 14.7. The Morgan fingerprint density at radius 2 is 2.10 bits per heavy atom. The van der Waals surface area contributed by atoms with Crippen LogP contribution in [-0.4, -0.2) is 47.0 Å². The number of piperazine rings is 1. The van der Waals surface area contributed by atoms with Crippen LogP contribution in [0.5, 0.6) is 5.88 Å². The van der Waals surface area contributed by atoms with Crippen LogP contribution in [0.2, 0.25) is 0 Å². The smallest absolute Gasteiger partial charge is 0.216 e. The summed E-state index contributed by atoms with van der Waals surface area (Å²) in [5.41, 5.74) is 2.30. The summed E-state index contributed by atoms with van der Waals surface area (Å²) in [5.74, 6) is 0.893. The normalized spacial score (nSPS) is 24.1. The Morgan fingerprint density at radius 1 is 1.35 bits per heavy atom. The molecule has 0 radical (unpaired) electrons. The van der Waals surface area contributed by atoms with E-state index in [0.29, 0.717) is 12.1 Å². The van der Waals surface area contributed by atoms with E-state index in [1.165, 1.54) is 18.4 Å². The Balaban J connectivity index is 2.18. The zero-order valence-electron chi connectivity index (χ0n) is 13.4. The van der Waals surface area contributed by atoms with Gasteiger partial charge in [0.2, 0.25) is 5.88 Å². The van der Waals surface area contributed by atoms with Gasteiger partial charge < -0.3 is 10.1 Å². The van der Waals surface area contributed by atoms with Gasteiger partial charge in [0.1, 0.15) is 0 Å². The van der Waals surface area contributed by atoms with Crippen LogP contribution in [0, 0.1) is 6.92 Å². The van der Waals surface area contributed by atoms with Gasteiger partial charge in [-0.25, -0.2) is 4.68 Å². The Labute approximate surface area is 122 Å². The molecule has 2 heterocycles. The van der Waals surface area contributed by atoms with E-state index in [9.17, 15) is 0 Å². The van der Waals surface area contributed by atoms with Crippen molar-refractivity contribution in [2.45, 2.75) is 52.2 Å². The molecule has 1 fully saturated rings. The second-order valence-electron chi connectivity index (χ2n) is 5.70. The molecule has 20 heavy (non-hydrogen) atoms. The average molecular weight is 280 g/mol. The fraction of sp³-hybridized carbons (Fsp3) is 0.800. The summed E-state index contributed by atoms with van der Waals surface area (Å²) >= 11 is 0. The molecule has 5 heteroatoms. The van der Waals surface area contributed by atoms with Gasteiger partial charge in [-0.1, -0.05) is 13.8 Å². The number of aryl methyl sites for hydroxylation is 2. The summed E-state index contributed by atoms with van der Waals surface area (Å²) < 4.78 is 7.36. The fourth-order valence-corrected chi connectivity index (χ4v) is 3.12. The van der Waals surface area contributed by atoms with Crippen molar-refractivity contribution < 1.29 is 4.74 Å². The van der Waals surface area contributed by atoms with Gasteiger partial charge in [0.25, 0.3) is 0 Å². The lowest BCUT2D eigenvalue weighted by Gasteiger charge is -2.40. The van der Waals surface area contributed by atoms with Crippen molar-refractivity contribution in [3.63, 3.8) is 0 Å². The lowest BCUT2D eigenvalue weighted by Crippen LogP contribution is -2.55. The molecule has 2 rings (SSSR count). The lowest BCUT2D eigenvalue weighted by atomic mass is 10.0. The Morgan fingerprint density at radius 3 is 2.70 bits per heavy atom. The molecule has 1 aliphatic rings. The molecule has 0 bridgehead atoms. The maximum Gasteiger partial charge on any atom is 0.216 e. The number of aromatic nitrogens is 2. The third kappa shape index (κ3) is 2.99. The molecule has 1 aliphatic heterocycles. The van der Waals surface area contributed by atoms with Crippen molar-refractivity contribution >= 4 is 0 Å². The lowest BCUT2D eigenvalue weighted by molar-refractivity contribution is 0.116. The van der Waals surface area contributed by atoms with Crippen LogP contribution in [0.1, 0.15) is 37.9 Å². The topological polar surface area (TPSA) is 42.3 Å². The van der Waals surface area contributed by atoms with E-state index in [1.54, 1.807) is 7.11 Å². The van der Waals surface area contributed by atoms with Crippen LogP contribution in [0.25, 0.3) is 0 Å². The summed E-state index contributed by atoms with van der Waals surface area (Å²) in [4.78, 5) is 2.58. The third-order valence-electron chi connectivity index (χ3n) is 4.42. The van der Waals surface area contributed by atoms with Gasteiger partial charge in [0.15, 0.2) is 0 Å². The molecule has 0 aliphatic carbocycles. The maximum absolute atomic E-state index is 5.52. The number of hydrogen-bond donors (Lipinski definition) is 1. The molecule has 0 saturated carbocycles. The Kier molecular flexibility index (Phi) is 5.05. The monoisotopic (exact) mass is 280 g/mol. The van der Waals surface area contributed by atoms with Gasteiger partial charge in [0, 0.05) is 38.8 Å². The molecule has 1 N–H and O–H groups in total. The minimum Gasteiger partial charge on any atom is -0.481 e. The van der Waals surface area contributed by atoms with E-state index in [2.05, 4.69) is 36.1 Å². The van der Waals surface area contributed by atoms with Crippen molar-refractivity contribution in [2.75, 3.05) is 20.2 Å². The highest BCUT2D eigenvalue weighted by molar-refractivity contribution is 5.31. The van der Waals surface area contributed by atoms with Crippen molar-refractivity contribution in [1.82, 2.24) is 20.0 Å².